The van der Waals surface area contributed by atoms with Crippen LogP contribution in [0.15, 0.2) is 96.6 Å². The van der Waals surface area contributed by atoms with Crippen LogP contribution in [0.3, 0.4) is 0 Å². The number of hydrogen-bond acceptors (Lipinski definition) is 5. The maximum absolute atomic E-state index is 14.2. The van der Waals surface area contributed by atoms with Crippen molar-refractivity contribution in [3.05, 3.63) is 129 Å². The van der Waals surface area contributed by atoms with Crippen LogP contribution in [0.5, 0.6) is 5.75 Å². The van der Waals surface area contributed by atoms with Crippen LogP contribution in [-0.2, 0) is 9.59 Å². The van der Waals surface area contributed by atoms with Crippen LogP contribution in [0.25, 0.3) is 6.08 Å². The maximum Gasteiger partial charge on any atom is 0.335 e. The van der Waals surface area contributed by atoms with Gasteiger partial charge >= 0.3 is 6.03 Å². The van der Waals surface area contributed by atoms with Crippen molar-refractivity contribution in [2.75, 3.05) is 29.5 Å². The highest BCUT2D eigenvalue weighted by Crippen LogP contribution is 2.50. The Bertz CT molecular complexity index is 1780. The van der Waals surface area contributed by atoms with E-state index in [-0.39, 0.29) is 17.4 Å². The fourth-order valence-electron chi connectivity index (χ4n) is 6.99. The summed E-state index contributed by atoms with van der Waals surface area (Å²) in [6.07, 6.45) is 4.06. The minimum atomic E-state index is -0.774. The summed E-state index contributed by atoms with van der Waals surface area (Å²) in [7, 11) is 0. The molecular weight excluding hydrogens is 598 g/mol. The molecule has 0 aliphatic carbocycles. The maximum atomic E-state index is 14.2. The van der Waals surface area contributed by atoms with Gasteiger partial charge in [-0.25, -0.2) is 9.69 Å². The summed E-state index contributed by atoms with van der Waals surface area (Å²) in [5, 5.41) is 2.84. The first-order valence-electron chi connectivity index (χ1n) is 15.8. The summed E-state index contributed by atoms with van der Waals surface area (Å²) >= 11 is 6.30. The molecule has 0 bridgehead atoms. The van der Waals surface area contributed by atoms with Gasteiger partial charge in [-0.2, -0.15) is 0 Å². The van der Waals surface area contributed by atoms with Gasteiger partial charge < -0.3 is 9.64 Å². The molecule has 1 N–H and O–H groups in total. The van der Waals surface area contributed by atoms with Gasteiger partial charge in [-0.1, -0.05) is 79.2 Å². The Hall–Kier alpha value is -4.88. The zero-order chi connectivity index (χ0) is 31.8. The largest absolute Gasteiger partial charge is 0.493 e. The molecule has 1 saturated heterocycles. The van der Waals surface area contributed by atoms with Crippen LogP contribution >= 0.6 is 11.6 Å². The number of imide groups is 2. The number of rotatable bonds is 7. The van der Waals surface area contributed by atoms with Crippen LogP contribution < -0.4 is 19.9 Å². The molecule has 232 valence electrons. The van der Waals surface area contributed by atoms with Gasteiger partial charge in [-0.15, -0.1) is 0 Å². The van der Waals surface area contributed by atoms with Crippen molar-refractivity contribution in [3.8, 4) is 5.75 Å². The average Bonchev–Trinajstić information content (AvgIpc) is 3.07. The summed E-state index contributed by atoms with van der Waals surface area (Å²) in [5.41, 5.74) is 6.47. The zero-order valence-electron chi connectivity index (χ0n) is 25.5. The lowest BCUT2D eigenvalue weighted by Gasteiger charge is -2.44. The number of halogens is 1. The number of amides is 4. The number of ether oxygens (including phenoxy) is 1. The molecule has 1 fully saturated rings. The molecule has 0 saturated carbocycles. The van der Waals surface area contributed by atoms with Crippen molar-refractivity contribution in [2.24, 2.45) is 0 Å². The number of benzene rings is 4. The van der Waals surface area contributed by atoms with E-state index in [9.17, 15) is 14.4 Å². The molecule has 0 radical (unpaired) electrons. The Kier molecular flexibility index (Phi) is 8.09. The second-order valence-corrected chi connectivity index (χ2v) is 12.4. The fourth-order valence-corrected chi connectivity index (χ4v) is 7.17. The molecule has 4 aromatic carbocycles. The second kappa shape index (κ2) is 12.5. The molecule has 3 aliphatic rings. The number of nitrogens with zero attached hydrogens (tertiary/aromatic N) is 2. The highest BCUT2D eigenvalue weighted by atomic mass is 35.5. The molecule has 3 heterocycles. The van der Waals surface area contributed by atoms with Gasteiger partial charge in [0.25, 0.3) is 11.8 Å². The molecule has 4 aromatic rings. The first kappa shape index (κ1) is 29.8. The SMILES string of the molecule is CCCOc1ccc(Cl)cc1/C=C1\C(=O)NC(=O)N(c2cc3c4c(c2)[C@@H](c2ccccc2)CCN4CC[C@@H]3c2ccccc2)C1=O. The predicted molar refractivity (Wildman–Crippen MR) is 181 cm³/mol. The molecule has 3 aliphatic heterocycles. The van der Waals surface area contributed by atoms with Gasteiger partial charge in [0, 0.05) is 41.2 Å². The molecule has 46 heavy (non-hydrogen) atoms. The van der Waals surface area contributed by atoms with E-state index in [1.807, 2.05) is 55.5 Å². The summed E-state index contributed by atoms with van der Waals surface area (Å²) in [6.45, 7) is 4.30. The van der Waals surface area contributed by atoms with Gasteiger partial charge in [0.15, 0.2) is 0 Å². The lowest BCUT2D eigenvalue weighted by atomic mass is 9.76. The van der Waals surface area contributed by atoms with Gasteiger partial charge in [0.1, 0.15) is 11.3 Å². The number of barbiturate groups is 1. The third-order valence-corrected chi connectivity index (χ3v) is 9.33. The van der Waals surface area contributed by atoms with Crippen LogP contribution in [0.4, 0.5) is 16.2 Å². The number of anilines is 2. The van der Waals surface area contributed by atoms with Gasteiger partial charge in [0.2, 0.25) is 0 Å². The summed E-state index contributed by atoms with van der Waals surface area (Å²) < 4.78 is 5.87. The number of carbonyl (C=O) groups excluding carboxylic acids is 3. The quantitative estimate of drug-likeness (QED) is 0.167. The predicted octanol–water partition coefficient (Wildman–Crippen LogP) is 7.67. The van der Waals surface area contributed by atoms with Crippen LogP contribution in [-0.4, -0.2) is 37.5 Å². The Morgan fingerprint density at radius 3 is 2.04 bits per heavy atom. The first-order valence-corrected chi connectivity index (χ1v) is 16.2. The van der Waals surface area contributed by atoms with Crippen LogP contribution in [0, 0.1) is 0 Å². The minimum absolute atomic E-state index is 0.0880. The van der Waals surface area contributed by atoms with Crippen LogP contribution in [0.2, 0.25) is 5.02 Å². The van der Waals surface area contributed by atoms with E-state index in [1.165, 1.54) is 22.9 Å². The monoisotopic (exact) mass is 631 g/mol. The molecule has 0 unspecified atom stereocenters. The lowest BCUT2D eigenvalue weighted by molar-refractivity contribution is -0.122. The van der Waals surface area contributed by atoms with E-state index in [2.05, 4.69) is 34.5 Å². The highest BCUT2D eigenvalue weighted by Gasteiger charge is 2.40. The zero-order valence-corrected chi connectivity index (χ0v) is 26.3. The van der Waals surface area contributed by atoms with E-state index in [0.717, 1.165) is 48.4 Å². The minimum Gasteiger partial charge on any atom is -0.493 e. The summed E-state index contributed by atoms with van der Waals surface area (Å²) in [6, 6.07) is 29.0. The fraction of sp³-hybridized carbons (Fsp3) is 0.237. The lowest BCUT2D eigenvalue weighted by Crippen LogP contribution is -2.54. The Balaban J connectivity index is 1.37. The smallest absolute Gasteiger partial charge is 0.335 e. The Morgan fingerprint density at radius 1 is 0.848 bits per heavy atom. The Labute approximate surface area is 273 Å². The number of nitrogens with one attached hydrogen (secondary N) is 1. The summed E-state index contributed by atoms with van der Waals surface area (Å²) in [5.74, 6) is -0.784. The molecule has 7 nitrogen and oxygen atoms in total. The van der Waals surface area contributed by atoms with E-state index < -0.39 is 17.8 Å². The number of urea groups is 1. The first-order chi connectivity index (χ1) is 22.4. The van der Waals surface area contributed by atoms with Crippen molar-refractivity contribution in [1.29, 1.82) is 0 Å². The standard InChI is InChI=1S/C38H34ClN3O4/c1-2-19-46-34-14-13-27(39)20-26(34)21-33-36(43)40-38(45)42(37(33)44)28-22-31-29(24-9-5-3-6-10-24)15-17-41-18-16-30(32(23-28)35(31)41)25-11-7-4-8-12-25/h3-14,20-23,29-30H,2,15-19H2,1H3,(H,40,43,45)/b33-21+/t29-,30-/m1/s1. The van der Waals surface area contributed by atoms with Crippen molar-refractivity contribution in [3.63, 3.8) is 0 Å². The van der Waals surface area contributed by atoms with Crippen molar-refractivity contribution in [2.45, 2.75) is 38.0 Å². The van der Waals surface area contributed by atoms with E-state index >= 15 is 0 Å². The number of carbonyl (C=O) groups is 3. The Morgan fingerprint density at radius 2 is 1.46 bits per heavy atom. The van der Waals surface area contributed by atoms with Crippen LogP contribution in [0.1, 0.15) is 65.8 Å². The van der Waals surface area contributed by atoms with Gasteiger partial charge in [0.05, 0.1) is 12.3 Å². The molecule has 0 spiro atoms. The normalized spacial score (nSPS) is 20.0. The van der Waals surface area contributed by atoms with Crippen molar-refractivity contribution < 1.29 is 19.1 Å². The molecular formula is C38H34ClN3O4. The molecule has 4 amide bonds. The number of hydrogen-bond donors (Lipinski definition) is 1. The molecule has 2 atom stereocenters. The van der Waals surface area contributed by atoms with E-state index in [4.69, 9.17) is 16.3 Å². The molecule has 7 rings (SSSR count). The third kappa shape index (κ3) is 5.45. The topological polar surface area (TPSA) is 79.0 Å². The molecule has 0 aromatic heterocycles. The highest BCUT2D eigenvalue weighted by molar-refractivity contribution is 6.39. The van der Waals surface area contributed by atoms with Gasteiger partial charge in [-0.05, 0) is 77.9 Å². The third-order valence-electron chi connectivity index (χ3n) is 9.09. The molecule has 8 heteroatoms. The summed E-state index contributed by atoms with van der Waals surface area (Å²) in [4.78, 5) is 44.4. The second-order valence-electron chi connectivity index (χ2n) is 12.0. The van der Waals surface area contributed by atoms with Gasteiger partial charge in [-0.3, -0.25) is 14.9 Å². The average molecular weight is 632 g/mol. The van der Waals surface area contributed by atoms with Crippen molar-refractivity contribution in [1.82, 2.24) is 5.32 Å². The van der Waals surface area contributed by atoms with Crippen molar-refractivity contribution >= 4 is 46.9 Å². The van der Waals surface area contributed by atoms with E-state index in [1.54, 1.807) is 18.2 Å². The van der Waals surface area contributed by atoms with E-state index in [0.29, 0.717) is 28.6 Å².